The van der Waals surface area contributed by atoms with Crippen LogP contribution < -0.4 is 5.32 Å². The Morgan fingerprint density at radius 3 is 2.35 bits per heavy atom. The zero-order chi connectivity index (χ0) is 24.3. The summed E-state index contributed by atoms with van der Waals surface area (Å²) in [5, 5.41) is 6.76. The summed E-state index contributed by atoms with van der Waals surface area (Å²) in [4.78, 5) is 27.8. The average Bonchev–Trinajstić information content (AvgIpc) is 3.38. The fraction of sp³-hybridized carbons (Fsp3) is 0.360. The molecule has 1 aliphatic rings. The second-order valence-corrected chi connectivity index (χ2v) is 11.9. The first kappa shape index (κ1) is 24.4. The summed E-state index contributed by atoms with van der Waals surface area (Å²) in [7, 11) is -3.53. The summed E-state index contributed by atoms with van der Waals surface area (Å²) in [6.45, 7) is 4.87. The molecule has 1 aromatic heterocycles. The van der Waals surface area contributed by atoms with E-state index in [9.17, 15) is 18.0 Å². The Labute approximate surface area is 204 Å². The normalized spacial score (nSPS) is 16.0. The number of hydrogen-bond acceptors (Lipinski definition) is 5. The van der Waals surface area contributed by atoms with Gasteiger partial charge in [0.05, 0.1) is 6.42 Å². The number of hydrogen-bond donors (Lipinski definition) is 1. The van der Waals surface area contributed by atoms with Crippen molar-refractivity contribution in [2.45, 2.75) is 30.5 Å². The Kier molecular flexibility index (Phi) is 7.35. The predicted molar refractivity (Wildman–Crippen MR) is 134 cm³/mol. The number of amides is 2. The molecule has 2 aromatic carbocycles. The molecule has 1 atom stereocenters. The van der Waals surface area contributed by atoms with Crippen molar-refractivity contribution in [2.24, 2.45) is 5.92 Å². The van der Waals surface area contributed by atoms with Gasteiger partial charge in [0.1, 0.15) is 10.3 Å². The number of carbonyl (C=O) groups excluding carboxylic acids is 2. The Balaban J connectivity index is 1.39. The van der Waals surface area contributed by atoms with Crippen LogP contribution in [0.15, 0.2) is 64.2 Å². The molecule has 2 heterocycles. The Morgan fingerprint density at radius 2 is 1.68 bits per heavy atom. The minimum Gasteiger partial charge on any atom is -0.344 e. The van der Waals surface area contributed by atoms with Crippen LogP contribution in [0.5, 0.6) is 0 Å². The Hall–Kier alpha value is -2.75. The Bertz CT molecular complexity index is 1260. The minimum absolute atomic E-state index is 0.100. The number of carbonyl (C=O) groups is 2. The van der Waals surface area contributed by atoms with E-state index in [-0.39, 0.29) is 37.2 Å². The lowest BCUT2D eigenvalue weighted by atomic mass is 10.00. The van der Waals surface area contributed by atoms with Crippen LogP contribution in [0, 0.1) is 5.92 Å². The van der Waals surface area contributed by atoms with E-state index in [1.54, 1.807) is 22.4 Å². The van der Waals surface area contributed by atoms with Crippen LogP contribution in [-0.2, 0) is 26.0 Å². The molecule has 1 fully saturated rings. The highest BCUT2D eigenvalue weighted by atomic mass is 32.2. The highest BCUT2D eigenvalue weighted by molar-refractivity contribution is 7.91. The molecule has 1 unspecified atom stereocenters. The number of fused-ring (bicyclic) bond motifs is 1. The van der Waals surface area contributed by atoms with Crippen molar-refractivity contribution in [3.05, 3.63) is 65.5 Å². The molecule has 4 rings (SSSR count). The number of nitrogens with one attached hydrogen (secondary N) is 1. The van der Waals surface area contributed by atoms with Gasteiger partial charge in [0.2, 0.25) is 11.8 Å². The fourth-order valence-electron chi connectivity index (χ4n) is 4.24. The van der Waals surface area contributed by atoms with Crippen molar-refractivity contribution in [1.82, 2.24) is 14.5 Å². The van der Waals surface area contributed by atoms with E-state index in [2.05, 4.69) is 5.32 Å². The van der Waals surface area contributed by atoms with Crippen molar-refractivity contribution >= 4 is 43.9 Å². The zero-order valence-electron chi connectivity index (χ0n) is 19.3. The van der Waals surface area contributed by atoms with Gasteiger partial charge in [-0.2, -0.15) is 4.31 Å². The van der Waals surface area contributed by atoms with Crippen LogP contribution in [0.25, 0.3) is 10.8 Å². The predicted octanol–water partition coefficient (Wildman–Crippen LogP) is 3.12. The van der Waals surface area contributed by atoms with Crippen molar-refractivity contribution in [2.75, 3.05) is 26.2 Å². The van der Waals surface area contributed by atoms with Gasteiger partial charge in [-0.1, -0.05) is 62.4 Å². The number of thiophene rings is 1. The molecule has 0 aliphatic carbocycles. The summed E-state index contributed by atoms with van der Waals surface area (Å²) in [6, 6.07) is 16.4. The molecule has 2 amide bonds. The summed E-state index contributed by atoms with van der Waals surface area (Å²) in [5.74, 6) is -0.478. The minimum atomic E-state index is -3.53. The summed E-state index contributed by atoms with van der Waals surface area (Å²) in [6.07, 6.45) is 0.185. The zero-order valence-corrected chi connectivity index (χ0v) is 20.9. The molecule has 1 saturated heterocycles. The van der Waals surface area contributed by atoms with E-state index in [0.717, 1.165) is 16.3 Å². The van der Waals surface area contributed by atoms with Gasteiger partial charge in [0, 0.05) is 26.2 Å². The molecule has 180 valence electrons. The van der Waals surface area contributed by atoms with E-state index in [1.807, 2.05) is 56.3 Å². The summed E-state index contributed by atoms with van der Waals surface area (Å²) in [5.41, 5.74) is 0.915. The SMILES string of the molecule is CC(C)C(NC(=O)Cc1cccc2ccccc12)C(=O)N1CCN(S(=O)(=O)c2cccs2)CC1. The van der Waals surface area contributed by atoms with E-state index in [1.165, 1.54) is 15.6 Å². The molecule has 0 radical (unpaired) electrons. The number of piperazine rings is 1. The molecule has 3 aromatic rings. The molecule has 0 spiro atoms. The van der Waals surface area contributed by atoms with Crippen molar-refractivity contribution in [1.29, 1.82) is 0 Å². The topological polar surface area (TPSA) is 86.8 Å². The third-order valence-electron chi connectivity index (χ3n) is 6.12. The average molecular weight is 500 g/mol. The first-order valence-corrected chi connectivity index (χ1v) is 13.7. The van der Waals surface area contributed by atoms with Crippen molar-refractivity contribution in [3.8, 4) is 0 Å². The molecule has 1 N–H and O–H groups in total. The highest BCUT2D eigenvalue weighted by Gasteiger charge is 2.34. The fourth-order valence-corrected chi connectivity index (χ4v) is 6.81. The van der Waals surface area contributed by atoms with Crippen LogP contribution in [0.3, 0.4) is 0 Å². The van der Waals surface area contributed by atoms with Gasteiger partial charge in [0.15, 0.2) is 0 Å². The number of nitrogens with zero attached hydrogens (tertiary/aromatic N) is 2. The summed E-state index contributed by atoms with van der Waals surface area (Å²) >= 11 is 1.19. The lowest BCUT2D eigenvalue weighted by Gasteiger charge is -2.36. The number of benzene rings is 2. The first-order valence-electron chi connectivity index (χ1n) is 11.4. The van der Waals surface area contributed by atoms with Gasteiger partial charge in [-0.25, -0.2) is 8.42 Å². The standard InChI is InChI=1S/C25H29N3O4S2/c1-18(2)24(26-22(29)17-20-9-5-8-19-7-3-4-10-21(19)20)25(30)27-12-14-28(15-13-27)34(31,32)23-11-6-16-33-23/h3-11,16,18,24H,12-15,17H2,1-2H3,(H,26,29). The van der Waals surface area contributed by atoms with Gasteiger partial charge in [-0.05, 0) is 33.7 Å². The van der Waals surface area contributed by atoms with Crippen LogP contribution in [0.2, 0.25) is 0 Å². The van der Waals surface area contributed by atoms with E-state index in [0.29, 0.717) is 17.3 Å². The monoisotopic (exact) mass is 499 g/mol. The highest BCUT2D eigenvalue weighted by Crippen LogP contribution is 2.23. The van der Waals surface area contributed by atoms with Gasteiger partial charge < -0.3 is 10.2 Å². The van der Waals surface area contributed by atoms with Crippen LogP contribution in [-0.4, -0.2) is 61.7 Å². The van der Waals surface area contributed by atoms with E-state index >= 15 is 0 Å². The van der Waals surface area contributed by atoms with Crippen LogP contribution >= 0.6 is 11.3 Å². The molecular weight excluding hydrogens is 470 g/mol. The van der Waals surface area contributed by atoms with Gasteiger partial charge >= 0.3 is 0 Å². The Morgan fingerprint density at radius 1 is 0.971 bits per heavy atom. The molecule has 9 heteroatoms. The molecule has 0 bridgehead atoms. The first-order chi connectivity index (χ1) is 16.3. The molecule has 0 saturated carbocycles. The van der Waals surface area contributed by atoms with E-state index < -0.39 is 16.1 Å². The molecule has 7 nitrogen and oxygen atoms in total. The quantitative estimate of drug-likeness (QED) is 0.541. The van der Waals surface area contributed by atoms with Crippen LogP contribution in [0.1, 0.15) is 19.4 Å². The third-order valence-corrected chi connectivity index (χ3v) is 9.39. The second kappa shape index (κ2) is 10.2. The largest absolute Gasteiger partial charge is 0.344 e. The van der Waals surface area contributed by atoms with Crippen LogP contribution in [0.4, 0.5) is 0 Å². The van der Waals surface area contributed by atoms with Crippen molar-refractivity contribution in [3.63, 3.8) is 0 Å². The number of sulfonamides is 1. The lowest BCUT2D eigenvalue weighted by Crippen LogP contribution is -2.57. The second-order valence-electron chi connectivity index (χ2n) is 8.77. The lowest BCUT2D eigenvalue weighted by molar-refractivity contribution is -0.138. The third kappa shape index (κ3) is 5.16. The summed E-state index contributed by atoms with van der Waals surface area (Å²) < 4.78 is 27.2. The number of rotatable bonds is 7. The van der Waals surface area contributed by atoms with Gasteiger partial charge in [-0.15, -0.1) is 11.3 Å². The smallest absolute Gasteiger partial charge is 0.252 e. The van der Waals surface area contributed by atoms with E-state index in [4.69, 9.17) is 0 Å². The molecule has 34 heavy (non-hydrogen) atoms. The maximum atomic E-state index is 13.3. The molecule has 1 aliphatic heterocycles. The molecular formula is C25H29N3O4S2. The van der Waals surface area contributed by atoms with Gasteiger partial charge in [-0.3, -0.25) is 9.59 Å². The maximum Gasteiger partial charge on any atom is 0.252 e. The maximum absolute atomic E-state index is 13.3. The van der Waals surface area contributed by atoms with Crippen molar-refractivity contribution < 1.29 is 18.0 Å². The van der Waals surface area contributed by atoms with Gasteiger partial charge in [0.25, 0.3) is 10.0 Å².